The third kappa shape index (κ3) is 4.64. The standard InChI is InChI=1S/C19H26N6O2S/c1-12(24(18(26)27)19(2,3)4)17-21-11-22-25(17)15-8-7-14(10-20-15)23-16(28)9-13-5-6-13/h7-8,10-13H,5-6,9H2,1-4H3,(H,23,28)(H,26,27)/t12-/m0/s1. The molecule has 1 atom stereocenters. The molecule has 2 N–H and O–H groups in total. The summed E-state index contributed by atoms with van der Waals surface area (Å²) in [5, 5.41) is 17.1. The second-order valence-electron chi connectivity index (χ2n) is 8.13. The highest BCUT2D eigenvalue weighted by Crippen LogP contribution is 2.33. The lowest BCUT2D eigenvalue weighted by Crippen LogP contribution is -2.47. The minimum absolute atomic E-state index is 0.495. The molecule has 0 saturated heterocycles. The molecule has 0 bridgehead atoms. The van der Waals surface area contributed by atoms with Crippen LogP contribution >= 0.6 is 12.2 Å². The van der Waals surface area contributed by atoms with Crippen molar-refractivity contribution in [2.24, 2.45) is 5.92 Å². The van der Waals surface area contributed by atoms with Gasteiger partial charge in [0.1, 0.15) is 6.33 Å². The van der Waals surface area contributed by atoms with Crippen molar-refractivity contribution in [2.45, 2.75) is 58.5 Å². The number of rotatable bonds is 6. The Kier molecular flexibility index (Phi) is 5.64. The van der Waals surface area contributed by atoms with E-state index < -0.39 is 17.7 Å². The number of hydrogen-bond acceptors (Lipinski definition) is 5. The van der Waals surface area contributed by atoms with Crippen molar-refractivity contribution in [2.75, 3.05) is 5.32 Å². The molecule has 1 amide bonds. The monoisotopic (exact) mass is 402 g/mol. The Bertz CT molecular complexity index is 854. The van der Waals surface area contributed by atoms with Crippen molar-refractivity contribution in [3.63, 3.8) is 0 Å². The topological polar surface area (TPSA) is 96.2 Å². The second kappa shape index (κ2) is 7.83. The molecule has 9 heteroatoms. The van der Waals surface area contributed by atoms with E-state index in [1.54, 1.807) is 17.8 Å². The molecule has 3 rings (SSSR count). The van der Waals surface area contributed by atoms with Gasteiger partial charge in [-0.15, -0.1) is 0 Å². The largest absolute Gasteiger partial charge is 0.465 e. The van der Waals surface area contributed by atoms with Crippen LogP contribution in [0.15, 0.2) is 24.7 Å². The zero-order valence-electron chi connectivity index (χ0n) is 16.6. The molecule has 8 nitrogen and oxygen atoms in total. The molecule has 0 aromatic carbocycles. The summed E-state index contributed by atoms with van der Waals surface area (Å²) in [5.41, 5.74) is 0.242. The number of nitrogens with one attached hydrogen (secondary N) is 1. The predicted octanol–water partition coefficient (Wildman–Crippen LogP) is 4.04. The zero-order valence-corrected chi connectivity index (χ0v) is 17.4. The van der Waals surface area contributed by atoms with Crippen molar-refractivity contribution in [1.82, 2.24) is 24.6 Å². The van der Waals surface area contributed by atoms with Crippen LogP contribution in [0.4, 0.5) is 10.5 Å². The molecule has 1 fully saturated rings. The van der Waals surface area contributed by atoms with Crippen LogP contribution in [0.5, 0.6) is 0 Å². The third-order valence-corrected chi connectivity index (χ3v) is 4.95. The Balaban J connectivity index is 1.78. The normalized spacial score (nSPS) is 15.1. The highest BCUT2D eigenvalue weighted by atomic mass is 32.1. The third-order valence-electron chi connectivity index (χ3n) is 4.68. The fourth-order valence-corrected chi connectivity index (χ4v) is 3.60. The molecule has 2 heterocycles. The van der Waals surface area contributed by atoms with Crippen molar-refractivity contribution in [1.29, 1.82) is 0 Å². The van der Waals surface area contributed by atoms with Gasteiger partial charge in [-0.1, -0.05) is 12.2 Å². The first-order valence-corrected chi connectivity index (χ1v) is 9.76. The molecule has 1 saturated carbocycles. The Labute approximate surface area is 170 Å². The van der Waals surface area contributed by atoms with Gasteiger partial charge >= 0.3 is 6.09 Å². The minimum atomic E-state index is -1.01. The smallest absolute Gasteiger partial charge is 0.408 e. The van der Waals surface area contributed by atoms with E-state index in [4.69, 9.17) is 12.2 Å². The number of anilines is 1. The fraction of sp³-hybridized carbons (Fsp3) is 0.526. The number of carbonyl (C=O) groups is 1. The van der Waals surface area contributed by atoms with Gasteiger partial charge in [0.25, 0.3) is 0 Å². The van der Waals surface area contributed by atoms with Gasteiger partial charge in [0, 0.05) is 12.0 Å². The molecule has 150 valence electrons. The number of nitrogens with zero attached hydrogens (tertiary/aromatic N) is 5. The summed E-state index contributed by atoms with van der Waals surface area (Å²) < 4.78 is 1.57. The number of pyridine rings is 1. The maximum Gasteiger partial charge on any atom is 0.408 e. The fourth-order valence-electron chi connectivity index (χ4n) is 3.24. The van der Waals surface area contributed by atoms with Gasteiger partial charge < -0.3 is 10.4 Å². The highest BCUT2D eigenvalue weighted by molar-refractivity contribution is 7.80. The zero-order chi connectivity index (χ0) is 20.5. The Morgan fingerprint density at radius 3 is 2.64 bits per heavy atom. The number of carboxylic acid groups (broad SMARTS) is 1. The second-order valence-corrected chi connectivity index (χ2v) is 8.62. The van der Waals surface area contributed by atoms with Crippen molar-refractivity contribution in [3.05, 3.63) is 30.5 Å². The van der Waals surface area contributed by atoms with Gasteiger partial charge in [0.15, 0.2) is 11.6 Å². The molecule has 1 aliphatic rings. The SMILES string of the molecule is C[C@@H](c1ncnn1-c1ccc(NC(=S)CC2CC2)cn1)N(C(=O)O)C(C)(C)C. The number of thiocarbonyl (C=S) groups is 1. The van der Waals surface area contributed by atoms with E-state index >= 15 is 0 Å². The summed E-state index contributed by atoms with van der Waals surface area (Å²) >= 11 is 5.38. The number of amides is 1. The first-order chi connectivity index (χ1) is 13.2. The van der Waals surface area contributed by atoms with Crippen LogP contribution in [0.1, 0.15) is 58.8 Å². The summed E-state index contributed by atoms with van der Waals surface area (Å²) in [6, 6.07) is 3.21. The predicted molar refractivity (Wildman–Crippen MR) is 111 cm³/mol. The van der Waals surface area contributed by atoms with E-state index in [-0.39, 0.29) is 0 Å². The van der Waals surface area contributed by atoms with Crippen LogP contribution in [0.3, 0.4) is 0 Å². The molecule has 2 aromatic heterocycles. The Morgan fingerprint density at radius 2 is 2.11 bits per heavy atom. The minimum Gasteiger partial charge on any atom is -0.465 e. The highest BCUT2D eigenvalue weighted by Gasteiger charge is 2.34. The van der Waals surface area contributed by atoms with Gasteiger partial charge in [-0.05, 0) is 58.6 Å². The van der Waals surface area contributed by atoms with E-state index in [9.17, 15) is 9.90 Å². The molecular formula is C19H26N6O2S. The summed E-state index contributed by atoms with van der Waals surface area (Å²) in [4.78, 5) is 22.7. The van der Waals surface area contributed by atoms with Gasteiger partial charge in [-0.2, -0.15) is 9.78 Å². The van der Waals surface area contributed by atoms with Crippen LogP contribution in [-0.2, 0) is 0 Å². The lowest BCUT2D eigenvalue weighted by molar-refractivity contribution is 0.0720. The molecule has 28 heavy (non-hydrogen) atoms. The lowest BCUT2D eigenvalue weighted by Gasteiger charge is -2.37. The Hall–Kier alpha value is -2.55. The first kappa shape index (κ1) is 20.2. The molecule has 0 spiro atoms. The maximum atomic E-state index is 11.8. The van der Waals surface area contributed by atoms with Crippen molar-refractivity contribution >= 4 is 29.0 Å². The van der Waals surface area contributed by atoms with E-state index in [2.05, 4.69) is 20.4 Å². The number of hydrogen-bond donors (Lipinski definition) is 2. The van der Waals surface area contributed by atoms with Gasteiger partial charge in [0.05, 0.1) is 22.9 Å². The van der Waals surface area contributed by atoms with Gasteiger partial charge in [-0.25, -0.2) is 14.8 Å². The van der Waals surface area contributed by atoms with E-state index in [1.807, 2.05) is 32.9 Å². The summed E-state index contributed by atoms with van der Waals surface area (Å²) in [6.07, 6.45) is 5.53. The van der Waals surface area contributed by atoms with Gasteiger partial charge in [-0.3, -0.25) is 4.90 Å². The van der Waals surface area contributed by atoms with E-state index in [0.717, 1.165) is 23.0 Å². The molecular weight excluding hydrogens is 376 g/mol. The average Bonchev–Trinajstić information content (AvgIpc) is 3.25. The van der Waals surface area contributed by atoms with Gasteiger partial charge in [0.2, 0.25) is 0 Å². The molecule has 2 aromatic rings. The first-order valence-electron chi connectivity index (χ1n) is 9.35. The lowest BCUT2D eigenvalue weighted by atomic mass is 10.0. The molecule has 0 aliphatic heterocycles. The van der Waals surface area contributed by atoms with E-state index in [1.165, 1.54) is 24.1 Å². The summed E-state index contributed by atoms with van der Waals surface area (Å²) in [6.45, 7) is 7.34. The van der Waals surface area contributed by atoms with E-state index in [0.29, 0.717) is 11.6 Å². The summed E-state index contributed by atoms with van der Waals surface area (Å²) in [7, 11) is 0. The van der Waals surface area contributed by atoms with Crippen LogP contribution in [0, 0.1) is 5.92 Å². The van der Waals surface area contributed by atoms with Crippen LogP contribution in [0.2, 0.25) is 0 Å². The average molecular weight is 403 g/mol. The van der Waals surface area contributed by atoms with Crippen LogP contribution in [-0.4, -0.2) is 46.4 Å². The number of aromatic nitrogens is 4. The van der Waals surface area contributed by atoms with Crippen molar-refractivity contribution < 1.29 is 9.90 Å². The van der Waals surface area contributed by atoms with Crippen molar-refractivity contribution in [3.8, 4) is 5.82 Å². The quantitative estimate of drug-likeness (QED) is 0.704. The maximum absolute atomic E-state index is 11.8. The molecule has 0 radical (unpaired) electrons. The summed E-state index contributed by atoms with van der Waals surface area (Å²) in [5.74, 6) is 1.80. The molecule has 1 aliphatic carbocycles. The Morgan fingerprint density at radius 1 is 1.39 bits per heavy atom. The van der Waals surface area contributed by atoms with Crippen LogP contribution < -0.4 is 5.32 Å². The molecule has 0 unspecified atom stereocenters. The van der Waals surface area contributed by atoms with Crippen LogP contribution in [0.25, 0.3) is 5.82 Å².